The molecular weight excluding hydrogens is 302 g/mol. The van der Waals surface area contributed by atoms with Gasteiger partial charge in [-0.15, -0.1) is 11.3 Å². The number of rotatable bonds is 2. The van der Waals surface area contributed by atoms with Gasteiger partial charge in [0.2, 0.25) is 0 Å². The SMILES string of the molecule is c1ccc(N2CCC([C@H]3c4sccc4-c4cncn43)CC2)cc1. The summed E-state index contributed by atoms with van der Waals surface area (Å²) in [7, 11) is 0. The second kappa shape index (κ2) is 5.24. The molecule has 2 aromatic heterocycles. The van der Waals surface area contributed by atoms with Crippen molar-refractivity contribution in [2.75, 3.05) is 18.0 Å². The van der Waals surface area contributed by atoms with Crippen LogP contribution in [0, 0.1) is 5.92 Å². The molecule has 0 amide bonds. The number of thiophene rings is 1. The average Bonchev–Trinajstić information content (AvgIpc) is 3.29. The maximum atomic E-state index is 4.39. The van der Waals surface area contributed by atoms with E-state index >= 15 is 0 Å². The Hall–Kier alpha value is -2.07. The monoisotopic (exact) mass is 321 g/mol. The van der Waals surface area contributed by atoms with Gasteiger partial charge < -0.3 is 9.47 Å². The predicted octanol–water partition coefficient (Wildman–Crippen LogP) is 4.43. The highest BCUT2D eigenvalue weighted by molar-refractivity contribution is 7.10. The third kappa shape index (κ3) is 2.05. The van der Waals surface area contributed by atoms with E-state index in [2.05, 4.69) is 56.2 Å². The summed E-state index contributed by atoms with van der Waals surface area (Å²) in [5.41, 5.74) is 4.07. The normalized spacial score (nSPS) is 20.5. The van der Waals surface area contributed by atoms with Gasteiger partial charge in [-0.2, -0.15) is 0 Å². The molecule has 1 atom stereocenters. The van der Waals surface area contributed by atoms with Gasteiger partial charge in [-0.3, -0.25) is 0 Å². The van der Waals surface area contributed by atoms with E-state index in [0.29, 0.717) is 12.0 Å². The summed E-state index contributed by atoms with van der Waals surface area (Å²) in [6.07, 6.45) is 6.53. The predicted molar refractivity (Wildman–Crippen MR) is 95.1 cm³/mol. The van der Waals surface area contributed by atoms with Gasteiger partial charge in [-0.05, 0) is 42.3 Å². The lowest BCUT2D eigenvalue weighted by molar-refractivity contribution is 0.320. The lowest BCUT2D eigenvalue weighted by Gasteiger charge is -2.36. The second-order valence-corrected chi connectivity index (χ2v) is 7.44. The number of hydrogen-bond acceptors (Lipinski definition) is 3. The van der Waals surface area contributed by atoms with E-state index in [-0.39, 0.29) is 0 Å². The lowest BCUT2D eigenvalue weighted by Crippen LogP contribution is -2.36. The molecule has 1 aromatic carbocycles. The van der Waals surface area contributed by atoms with Gasteiger partial charge >= 0.3 is 0 Å². The van der Waals surface area contributed by atoms with Crippen LogP contribution in [0.4, 0.5) is 5.69 Å². The molecule has 23 heavy (non-hydrogen) atoms. The van der Waals surface area contributed by atoms with Gasteiger partial charge in [0, 0.05) is 29.2 Å². The van der Waals surface area contributed by atoms with Crippen molar-refractivity contribution in [3.05, 3.63) is 59.2 Å². The van der Waals surface area contributed by atoms with Crippen molar-refractivity contribution >= 4 is 17.0 Å². The first-order valence-corrected chi connectivity index (χ1v) is 9.19. The summed E-state index contributed by atoms with van der Waals surface area (Å²) in [5.74, 6) is 0.711. The van der Waals surface area contributed by atoms with E-state index in [1.165, 1.54) is 29.8 Å². The minimum Gasteiger partial charge on any atom is -0.372 e. The number of nitrogens with zero attached hydrogens (tertiary/aromatic N) is 3. The molecule has 2 aliphatic heterocycles. The van der Waals surface area contributed by atoms with Crippen LogP contribution in [-0.2, 0) is 0 Å². The van der Waals surface area contributed by atoms with Crippen molar-refractivity contribution in [2.24, 2.45) is 5.92 Å². The Morgan fingerprint density at radius 2 is 1.87 bits per heavy atom. The average molecular weight is 321 g/mol. The molecule has 3 nitrogen and oxygen atoms in total. The van der Waals surface area contributed by atoms with E-state index in [0.717, 1.165) is 13.1 Å². The smallest absolute Gasteiger partial charge is 0.0957 e. The van der Waals surface area contributed by atoms with Crippen molar-refractivity contribution in [1.29, 1.82) is 0 Å². The Morgan fingerprint density at radius 3 is 2.70 bits per heavy atom. The molecular formula is C19H19N3S. The summed E-state index contributed by atoms with van der Waals surface area (Å²) >= 11 is 1.91. The third-order valence-corrected chi connectivity index (χ3v) is 6.30. The van der Waals surface area contributed by atoms with Crippen LogP contribution < -0.4 is 4.90 Å². The largest absolute Gasteiger partial charge is 0.372 e. The van der Waals surface area contributed by atoms with Crippen LogP contribution in [0.1, 0.15) is 23.8 Å². The molecule has 0 N–H and O–H groups in total. The van der Waals surface area contributed by atoms with Crippen LogP contribution in [-0.4, -0.2) is 22.6 Å². The third-order valence-electron chi connectivity index (χ3n) is 5.31. The molecule has 5 rings (SSSR count). The van der Waals surface area contributed by atoms with Crippen molar-refractivity contribution < 1.29 is 0 Å². The first-order chi connectivity index (χ1) is 11.4. The van der Waals surface area contributed by atoms with Crippen LogP contribution in [0.25, 0.3) is 11.3 Å². The highest BCUT2D eigenvalue weighted by atomic mass is 32.1. The number of para-hydroxylation sites is 1. The number of imidazole rings is 1. The number of piperidine rings is 1. The molecule has 0 spiro atoms. The van der Waals surface area contributed by atoms with Gasteiger partial charge in [-0.1, -0.05) is 18.2 Å². The highest BCUT2D eigenvalue weighted by Gasteiger charge is 2.36. The van der Waals surface area contributed by atoms with Crippen molar-refractivity contribution in [3.8, 4) is 11.3 Å². The van der Waals surface area contributed by atoms with Crippen LogP contribution in [0.15, 0.2) is 54.3 Å². The zero-order valence-electron chi connectivity index (χ0n) is 12.9. The highest BCUT2D eigenvalue weighted by Crippen LogP contribution is 2.48. The molecule has 3 aromatic rings. The van der Waals surface area contributed by atoms with Crippen LogP contribution in [0.2, 0.25) is 0 Å². The lowest BCUT2D eigenvalue weighted by atomic mass is 9.88. The van der Waals surface area contributed by atoms with Gasteiger partial charge in [0.25, 0.3) is 0 Å². The fraction of sp³-hybridized carbons (Fsp3) is 0.316. The van der Waals surface area contributed by atoms with Crippen LogP contribution in [0.5, 0.6) is 0 Å². The van der Waals surface area contributed by atoms with E-state index in [1.807, 2.05) is 23.9 Å². The van der Waals surface area contributed by atoms with E-state index < -0.39 is 0 Å². The maximum absolute atomic E-state index is 4.39. The molecule has 0 saturated carbocycles. The number of aromatic nitrogens is 2. The van der Waals surface area contributed by atoms with Crippen molar-refractivity contribution in [2.45, 2.75) is 18.9 Å². The molecule has 4 heterocycles. The number of fused-ring (bicyclic) bond motifs is 3. The molecule has 0 unspecified atom stereocenters. The zero-order chi connectivity index (χ0) is 15.2. The van der Waals surface area contributed by atoms with Crippen molar-refractivity contribution in [1.82, 2.24) is 9.55 Å². The Morgan fingerprint density at radius 1 is 1.04 bits per heavy atom. The first kappa shape index (κ1) is 13.4. The first-order valence-electron chi connectivity index (χ1n) is 8.31. The fourth-order valence-corrected chi connectivity index (χ4v) is 5.27. The van der Waals surface area contributed by atoms with E-state index in [4.69, 9.17) is 0 Å². The number of benzene rings is 1. The maximum Gasteiger partial charge on any atom is 0.0957 e. The second-order valence-electron chi connectivity index (χ2n) is 6.49. The molecule has 1 fully saturated rings. The van der Waals surface area contributed by atoms with Gasteiger partial charge in [-0.25, -0.2) is 4.98 Å². The summed E-state index contributed by atoms with van der Waals surface area (Å²) in [4.78, 5) is 8.45. The topological polar surface area (TPSA) is 21.1 Å². The zero-order valence-corrected chi connectivity index (χ0v) is 13.7. The molecule has 4 heteroatoms. The summed E-state index contributed by atoms with van der Waals surface area (Å²) in [5, 5.41) is 2.23. The minimum absolute atomic E-state index is 0.500. The Kier molecular flexibility index (Phi) is 3.05. The summed E-state index contributed by atoms with van der Waals surface area (Å²) in [6, 6.07) is 13.6. The molecule has 116 valence electrons. The molecule has 1 saturated heterocycles. The molecule has 0 bridgehead atoms. The standard InChI is InChI=1S/C19H19N3S/c1-2-4-15(5-3-1)21-9-6-14(7-10-21)18-19-16(8-11-23-19)17-12-20-13-22(17)18/h1-5,8,11-14,18H,6-7,9-10H2/t18-/m0/s1. The van der Waals surface area contributed by atoms with E-state index in [9.17, 15) is 0 Å². The van der Waals surface area contributed by atoms with Crippen LogP contribution in [0.3, 0.4) is 0 Å². The van der Waals surface area contributed by atoms with Gasteiger partial charge in [0.05, 0.1) is 24.3 Å². The quantitative estimate of drug-likeness (QED) is 0.696. The summed E-state index contributed by atoms with van der Waals surface area (Å²) < 4.78 is 2.41. The van der Waals surface area contributed by atoms with Gasteiger partial charge in [0.1, 0.15) is 0 Å². The van der Waals surface area contributed by atoms with Crippen molar-refractivity contribution in [3.63, 3.8) is 0 Å². The Balaban J connectivity index is 1.39. The Labute approximate surface area is 140 Å². The fourth-order valence-electron chi connectivity index (χ4n) is 4.18. The molecule has 2 aliphatic rings. The molecule has 0 radical (unpaired) electrons. The number of anilines is 1. The van der Waals surface area contributed by atoms with Gasteiger partial charge in [0.15, 0.2) is 0 Å². The molecule has 0 aliphatic carbocycles. The van der Waals surface area contributed by atoms with E-state index in [1.54, 1.807) is 4.88 Å². The Bertz CT molecular complexity index is 772. The van der Waals surface area contributed by atoms with Crippen LogP contribution >= 0.6 is 11.3 Å². The number of hydrogen-bond donors (Lipinski definition) is 0. The summed E-state index contributed by atoms with van der Waals surface area (Å²) in [6.45, 7) is 2.30. The minimum atomic E-state index is 0.500.